The van der Waals surface area contributed by atoms with Crippen LogP contribution in [0.5, 0.6) is 0 Å². The first-order valence-corrected chi connectivity index (χ1v) is 6.29. The van der Waals surface area contributed by atoms with Crippen LogP contribution in [0.25, 0.3) is 11.0 Å². The summed E-state index contributed by atoms with van der Waals surface area (Å²) in [5.74, 6) is 0.0253. The molecule has 1 aromatic carbocycles. The van der Waals surface area contributed by atoms with Gasteiger partial charge in [0.15, 0.2) is 10.4 Å². The fourth-order valence-electron chi connectivity index (χ4n) is 1.71. The van der Waals surface area contributed by atoms with Crippen LogP contribution in [0.2, 0.25) is 5.02 Å². The average molecular weight is 326 g/mol. The Morgan fingerprint density at radius 2 is 2.06 bits per heavy atom. The molecule has 18 heavy (non-hydrogen) atoms. The lowest BCUT2D eigenvalue weighted by Gasteiger charge is -1.92. The van der Waals surface area contributed by atoms with E-state index in [9.17, 15) is 4.79 Å². The van der Waals surface area contributed by atoms with Gasteiger partial charge in [-0.15, -0.1) is 0 Å². The van der Waals surface area contributed by atoms with Crippen LogP contribution in [0.4, 0.5) is 0 Å². The summed E-state index contributed by atoms with van der Waals surface area (Å²) in [7, 11) is 0. The van der Waals surface area contributed by atoms with Crippen LogP contribution in [0.3, 0.4) is 0 Å². The highest BCUT2D eigenvalue weighted by Gasteiger charge is 2.19. The summed E-state index contributed by atoms with van der Waals surface area (Å²) in [6.07, 6.45) is 1.44. The third-order valence-corrected chi connectivity index (χ3v) is 3.41. The van der Waals surface area contributed by atoms with E-state index in [-0.39, 0.29) is 11.5 Å². The summed E-state index contributed by atoms with van der Waals surface area (Å²) in [5.41, 5.74) is 1.06. The lowest BCUT2D eigenvalue weighted by molar-refractivity contribution is 0.101. The van der Waals surface area contributed by atoms with Gasteiger partial charge in [-0.2, -0.15) is 0 Å². The second-order valence-electron chi connectivity index (χ2n) is 3.73. The van der Waals surface area contributed by atoms with Crippen molar-refractivity contribution in [1.82, 2.24) is 0 Å². The number of carbonyl (C=O) groups excluding carboxylic acids is 1. The highest BCUT2D eigenvalue weighted by Crippen LogP contribution is 2.27. The van der Waals surface area contributed by atoms with Gasteiger partial charge in [0.2, 0.25) is 5.78 Å². The van der Waals surface area contributed by atoms with Gasteiger partial charge in [0.05, 0.1) is 11.8 Å². The van der Waals surface area contributed by atoms with Crippen molar-refractivity contribution in [1.29, 1.82) is 0 Å². The van der Waals surface area contributed by atoms with Gasteiger partial charge < -0.3 is 8.83 Å². The number of carbonyl (C=O) groups is 1. The Hall–Kier alpha value is -1.52. The first kappa shape index (κ1) is 11.6. The van der Waals surface area contributed by atoms with Crippen molar-refractivity contribution in [3.8, 4) is 0 Å². The Kier molecular flexibility index (Phi) is 2.76. The molecule has 2 heterocycles. The summed E-state index contributed by atoms with van der Waals surface area (Å²) in [4.78, 5) is 12.2. The first-order chi connectivity index (χ1) is 8.65. The largest absolute Gasteiger partial charge is 0.457 e. The average Bonchev–Trinajstić information content (AvgIpc) is 2.93. The van der Waals surface area contributed by atoms with Gasteiger partial charge in [-0.05, 0) is 46.3 Å². The van der Waals surface area contributed by atoms with E-state index in [1.807, 2.05) is 0 Å². The van der Waals surface area contributed by atoms with Crippen LogP contribution in [0.1, 0.15) is 16.1 Å². The summed E-state index contributed by atoms with van der Waals surface area (Å²) in [6, 6.07) is 8.46. The van der Waals surface area contributed by atoms with E-state index in [0.29, 0.717) is 20.8 Å². The lowest BCUT2D eigenvalue weighted by atomic mass is 10.1. The molecule has 0 N–H and O–H groups in total. The number of hydrogen-bond acceptors (Lipinski definition) is 3. The number of hydrogen-bond donors (Lipinski definition) is 0. The van der Waals surface area contributed by atoms with Gasteiger partial charge in [0.1, 0.15) is 5.58 Å². The second kappa shape index (κ2) is 4.30. The molecule has 3 nitrogen and oxygen atoms in total. The molecule has 0 amide bonds. The number of ketones is 1. The van der Waals surface area contributed by atoms with E-state index in [4.69, 9.17) is 20.4 Å². The predicted molar refractivity (Wildman–Crippen MR) is 71.1 cm³/mol. The molecule has 0 spiro atoms. The SMILES string of the molecule is O=C(c1cc2cc(Cl)ccc2o1)c1ccoc1Br. The smallest absolute Gasteiger partial charge is 0.232 e. The van der Waals surface area contributed by atoms with Gasteiger partial charge in [-0.3, -0.25) is 4.79 Å². The summed E-state index contributed by atoms with van der Waals surface area (Å²) >= 11 is 9.05. The quantitative estimate of drug-likeness (QED) is 0.643. The van der Waals surface area contributed by atoms with Crippen LogP contribution < -0.4 is 0 Å². The first-order valence-electron chi connectivity index (χ1n) is 5.12. The van der Waals surface area contributed by atoms with Crippen molar-refractivity contribution in [3.63, 3.8) is 0 Å². The molecule has 3 aromatic rings. The zero-order valence-corrected chi connectivity index (χ0v) is 11.3. The van der Waals surface area contributed by atoms with Crippen molar-refractivity contribution in [2.75, 3.05) is 0 Å². The van der Waals surface area contributed by atoms with Crippen LogP contribution in [0, 0.1) is 0 Å². The van der Waals surface area contributed by atoms with Crippen molar-refractivity contribution in [3.05, 3.63) is 57.6 Å². The Labute approximate surface area is 115 Å². The van der Waals surface area contributed by atoms with Crippen molar-refractivity contribution in [2.24, 2.45) is 0 Å². The molecule has 0 aliphatic heterocycles. The molecule has 3 rings (SSSR count). The molecule has 0 fully saturated rings. The maximum atomic E-state index is 12.2. The third-order valence-electron chi connectivity index (χ3n) is 2.56. The molecule has 2 aromatic heterocycles. The normalized spacial score (nSPS) is 11.0. The fourth-order valence-corrected chi connectivity index (χ4v) is 2.32. The molecule has 0 aliphatic rings. The van der Waals surface area contributed by atoms with E-state index < -0.39 is 0 Å². The van der Waals surface area contributed by atoms with Gasteiger partial charge >= 0.3 is 0 Å². The molecule has 0 radical (unpaired) electrons. The lowest BCUT2D eigenvalue weighted by Crippen LogP contribution is -1.97. The van der Waals surface area contributed by atoms with Crippen LogP contribution in [-0.4, -0.2) is 5.78 Å². The molecule has 90 valence electrons. The maximum Gasteiger partial charge on any atom is 0.232 e. The van der Waals surface area contributed by atoms with Crippen molar-refractivity contribution in [2.45, 2.75) is 0 Å². The standard InChI is InChI=1S/C13H6BrClO3/c14-13-9(3-4-17-13)12(16)11-6-7-5-8(15)1-2-10(7)18-11/h1-6H. The molecule has 0 unspecified atom stereocenters. The van der Waals surface area contributed by atoms with Gasteiger partial charge in [-0.1, -0.05) is 11.6 Å². The number of rotatable bonds is 2. The van der Waals surface area contributed by atoms with Crippen LogP contribution in [-0.2, 0) is 0 Å². The predicted octanol–water partition coefficient (Wildman–Crippen LogP) is 4.67. The van der Waals surface area contributed by atoms with Crippen molar-refractivity contribution < 1.29 is 13.6 Å². The zero-order valence-electron chi connectivity index (χ0n) is 8.94. The summed E-state index contributed by atoms with van der Waals surface area (Å²) in [5, 5.41) is 1.40. The summed E-state index contributed by atoms with van der Waals surface area (Å²) < 4.78 is 10.9. The number of halogens is 2. The highest BCUT2D eigenvalue weighted by molar-refractivity contribution is 9.10. The monoisotopic (exact) mass is 324 g/mol. The molecule has 0 bridgehead atoms. The number of benzene rings is 1. The Morgan fingerprint density at radius 1 is 1.22 bits per heavy atom. The van der Waals surface area contributed by atoms with Crippen molar-refractivity contribution >= 4 is 44.3 Å². The molecule has 0 saturated heterocycles. The van der Waals surface area contributed by atoms with E-state index in [1.165, 1.54) is 6.26 Å². The molecule has 5 heteroatoms. The molecule has 0 atom stereocenters. The number of fused-ring (bicyclic) bond motifs is 1. The number of furan rings is 2. The Morgan fingerprint density at radius 3 is 2.78 bits per heavy atom. The van der Waals surface area contributed by atoms with Gasteiger partial charge in [-0.25, -0.2) is 0 Å². The summed E-state index contributed by atoms with van der Waals surface area (Å²) in [6.45, 7) is 0. The minimum atomic E-state index is -0.233. The van der Waals surface area contributed by atoms with E-state index in [0.717, 1.165) is 5.39 Å². The Balaban J connectivity index is 2.10. The van der Waals surface area contributed by atoms with E-state index in [1.54, 1.807) is 30.3 Å². The zero-order chi connectivity index (χ0) is 12.7. The molecule has 0 aliphatic carbocycles. The minimum absolute atomic E-state index is 0.233. The van der Waals surface area contributed by atoms with E-state index >= 15 is 0 Å². The van der Waals surface area contributed by atoms with Crippen LogP contribution >= 0.6 is 27.5 Å². The maximum absolute atomic E-state index is 12.2. The van der Waals surface area contributed by atoms with Gasteiger partial charge in [0, 0.05) is 10.4 Å². The van der Waals surface area contributed by atoms with E-state index in [2.05, 4.69) is 15.9 Å². The third kappa shape index (κ3) is 1.87. The van der Waals surface area contributed by atoms with Gasteiger partial charge in [0.25, 0.3) is 0 Å². The second-order valence-corrected chi connectivity index (χ2v) is 4.89. The highest BCUT2D eigenvalue weighted by atomic mass is 79.9. The fraction of sp³-hybridized carbons (Fsp3) is 0. The molecular weight excluding hydrogens is 319 g/mol. The van der Waals surface area contributed by atoms with Crippen LogP contribution in [0.15, 0.2) is 50.1 Å². The molecule has 0 saturated carbocycles. The minimum Gasteiger partial charge on any atom is -0.457 e. The topological polar surface area (TPSA) is 43.4 Å². The Bertz CT molecular complexity index is 742. The molecular formula is C13H6BrClO3.